The van der Waals surface area contributed by atoms with Crippen molar-refractivity contribution in [3.05, 3.63) is 264 Å². The van der Waals surface area contributed by atoms with Gasteiger partial charge in [0.05, 0.1) is 16.4 Å². The van der Waals surface area contributed by atoms with E-state index < -0.39 is 5.41 Å². The minimum atomic E-state index is -0.424. The first kappa shape index (κ1) is 37.7. The molecule has 2 nitrogen and oxygen atoms in total. The van der Waals surface area contributed by atoms with Crippen molar-refractivity contribution in [1.29, 1.82) is 0 Å². The fourth-order valence-electron chi connectivity index (χ4n) is 13.1. The molecule has 3 aliphatic carbocycles. The largest absolute Gasteiger partial charge is 0.310 e. The third-order valence-electron chi connectivity index (χ3n) is 16.0. The summed E-state index contributed by atoms with van der Waals surface area (Å²) in [5.74, 6) is 0. The Morgan fingerprint density at radius 2 is 0.765 bits per heavy atom. The SMILES string of the molecule is CC1(C)c2cc(N(c3ccccc3)c3ccc4c(c3)C3(c5ccccc5-c5ccccc53)c3ccccc3-4)ccc2-c2ccc(-n3c4ccccc4c4c5ccccc5c5ccccc5c43)cc21. The number of para-hydroxylation sites is 2. The average Bonchev–Trinajstić information content (AvgIpc) is 4.07. The Bertz CT molecular complexity index is 4070. The molecular weight excluding hydrogens is 821 g/mol. The highest BCUT2D eigenvalue weighted by Crippen LogP contribution is 2.63. The standard InChI is InChI=1S/C66H44N2/c1-65(2)59-38-42(32-35-50(59)51-36-34-44(39-60(51)65)68-62-31-17-13-27-55(62)63-53-25-8-6-20-45(53)46-21-7-9-26-54(46)64(63)68)67(41-18-4-3-5-19-41)43-33-37-52-49-24-12-16-30-58(49)66(61(52)40-43)56-28-14-10-22-47(56)48-23-11-15-29-57(48)66/h3-40H,1-2H3. The highest BCUT2D eigenvalue weighted by Gasteiger charge is 2.51. The van der Waals surface area contributed by atoms with Gasteiger partial charge in [-0.2, -0.15) is 0 Å². The molecule has 0 radical (unpaired) electrons. The lowest BCUT2D eigenvalue weighted by atomic mass is 9.70. The first-order valence-corrected chi connectivity index (χ1v) is 23.9. The summed E-state index contributed by atoms with van der Waals surface area (Å²) in [7, 11) is 0. The molecule has 0 amide bonds. The Morgan fingerprint density at radius 1 is 0.324 bits per heavy atom. The van der Waals surface area contributed by atoms with Crippen molar-refractivity contribution in [2.24, 2.45) is 0 Å². The molecule has 0 fully saturated rings. The Labute approximate surface area is 395 Å². The minimum absolute atomic E-state index is 0.270. The van der Waals surface area contributed by atoms with E-state index in [2.05, 4.69) is 254 Å². The molecule has 2 heteroatoms. The molecule has 0 saturated heterocycles. The van der Waals surface area contributed by atoms with Gasteiger partial charge in [0.1, 0.15) is 0 Å². The summed E-state index contributed by atoms with van der Waals surface area (Å²) in [4.78, 5) is 2.47. The Morgan fingerprint density at radius 3 is 1.40 bits per heavy atom. The molecule has 3 aliphatic rings. The van der Waals surface area contributed by atoms with Crippen LogP contribution in [0.1, 0.15) is 47.2 Å². The van der Waals surface area contributed by atoms with E-state index in [0.29, 0.717) is 0 Å². The number of rotatable bonds is 4. The van der Waals surface area contributed by atoms with Crippen LogP contribution < -0.4 is 4.90 Å². The Balaban J connectivity index is 0.906. The normalized spacial score (nSPS) is 14.3. The fourth-order valence-corrected chi connectivity index (χ4v) is 13.1. The molecule has 0 atom stereocenters. The predicted molar refractivity (Wildman–Crippen MR) is 284 cm³/mol. The van der Waals surface area contributed by atoms with Crippen LogP contribution in [-0.2, 0) is 10.8 Å². The molecule has 0 aliphatic heterocycles. The Kier molecular flexibility index (Phi) is 7.53. The molecule has 0 N–H and O–H groups in total. The summed E-state index contributed by atoms with van der Waals surface area (Å²) >= 11 is 0. The van der Waals surface area contributed by atoms with E-state index in [1.165, 1.54) is 116 Å². The summed E-state index contributed by atoms with van der Waals surface area (Å²) in [6.45, 7) is 4.83. The van der Waals surface area contributed by atoms with Crippen molar-refractivity contribution in [3.63, 3.8) is 0 Å². The van der Waals surface area contributed by atoms with Crippen LogP contribution in [-0.4, -0.2) is 4.57 Å². The smallest absolute Gasteiger partial charge is 0.0726 e. The third kappa shape index (κ3) is 4.76. The zero-order chi connectivity index (χ0) is 44.9. The third-order valence-corrected chi connectivity index (χ3v) is 16.0. The quantitative estimate of drug-likeness (QED) is 0.160. The number of aromatic nitrogens is 1. The van der Waals surface area contributed by atoms with Crippen LogP contribution in [0.4, 0.5) is 17.1 Å². The molecule has 12 aromatic rings. The van der Waals surface area contributed by atoms with Gasteiger partial charge in [0.15, 0.2) is 0 Å². The topological polar surface area (TPSA) is 8.17 Å². The van der Waals surface area contributed by atoms with Crippen LogP contribution in [0.2, 0.25) is 0 Å². The first-order valence-electron chi connectivity index (χ1n) is 23.9. The molecule has 0 unspecified atom stereocenters. The molecule has 0 saturated carbocycles. The van der Waals surface area contributed by atoms with Crippen LogP contribution in [0.15, 0.2) is 231 Å². The zero-order valence-electron chi connectivity index (χ0n) is 37.8. The van der Waals surface area contributed by atoms with Crippen molar-refractivity contribution >= 4 is 60.4 Å². The van der Waals surface area contributed by atoms with E-state index in [4.69, 9.17) is 0 Å². The first-order chi connectivity index (χ1) is 33.5. The van der Waals surface area contributed by atoms with E-state index >= 15 is 0 Å². The second-order valence-electron chi connectivity index (χ2n) is 19.5. The van der Waals surface area contributed by atoms with Gasteiger partial charge < -0.3 is 9.47 Å². The maximum Gasteiger partial charge on any atom is 0.0726 e. The van der Waals surface area contributed by atoms with E-state index in [1.807, 2.05) is 0 Å². The van der Waals surface area contributed by atoms with Gasteiger partial charge in [0.2, 0.25) is 0 Å². The van der Waals surface area contributed by atoms with Crippen molar-refractivity contribution in [3.8, 4) is 39.1 Å². The van der Waals surface area contributed by atoms with Gasteiger partial charge in [0, 0.05) is 44.3 Å². The molecule has 15 rings (SSSR count). The predicted octanol–water partition coefficient (Wildman–Crippen LogP) is 17.2. The van der Waals surface area contributed by atoms with Crippen molar-refractivity contribution in [2.75, 3.05) is 4.90 Å². The minimum Gasteiger partial charge on any atom is -0.310 e. The highest BCUT2D eigenvalue weighted by atomic mass is 15.1. The summed E-state index contributed by atoms with van der Waals surface area (Å²) in [5, 5.41) is 7.73. The lowest BCUT2D eigenvalue weighted by Gasteiger charge is -2.32. The van der Waals surface area contributed by atoms with Gasteiger partial charge in [-0.3, -0.25) is 0 Å². The van der Waals surface area contributed by atoms with Crippen LogP contribution >= 0.6 is 0 Å². The lowest BCUT2D eigenvalue weighted by molar-refractivity contribution is 0.660. The van der Waals surface area contributed by atoms with Crippen molar-refractivity contribution < 1.29 is 0 Å². The second kappa shape index (κ2) is 13.6. The lowest BCUT2D eigenvalue weighted by Crippen LogP contribution is -2.26. The van der Waals surface area contributed by atoms with Crippen LogP contribution in [0.25, 0.3) is 82.4 Å². The summed E-state index contributed by atoms with van der Waals surface area (Å²) in [6, 6.07) is 86.6. The molecule has 1 aromatic heterocycles. The van der Waals surface area contributed by atoms with E-state index in [0.717, 1.165) is 17.1 Å². The van der Waals surface area contributed by atoms with Crippen LogP contribution in [0, 0.1) is 0 Å². The summed E-state index contributed by atoms with van der Waals surface area (Å²) < 4.78 is 2.53. The fraction of sp³-hybridized carbons (Fsp3) is 0.0606. The molecule has 11 aromatic carbocycles. The van der Waals surface area contributed by atoms with Gasteiger partial charge in [-0.05, 0) is 138 Å². The highest BCUT2D eigenvalue weighted by molar-refractivity contribution is 6.32. The average molecular weight is 865 g/mol. The maximum absolute atomic E-state index is 2.53. The van der Waals surface area contributed by atoms with Crippen molar-refractivity contribution in [2.45, 2.75) is 24.7 Å². The van der Waals surface area contributed by atoms with Gasteiger partial charge in [-0.1, -0.05) is 190 Å². The van der Waals surface area contributed by atoms with E-state index in [1.54, 1.807) is 0 Å². The number of hydrogen-bond acceptors (Lipinski definition) is 1. The van der Waals surface area contributed by atoms with E-state index in [-0.39, 0.29) is 5.41 Å². The number of benzene rings is 11. The summed E-state index contributed by atoms with van der Waals surface area (Å²) in [6.07, 6.45) is 0. The number of anilines is 3. The van der Waals surface area contributed by atoms with Gasteiger partial charge >= 0.3 is 0 Å². The number of hydrogen-bond donors (Lipinski definition) is 0. The van der Waals surface area contributed by atoms with Crippen LogP contribution in [0.5, 0.6) is 0 Å². The molecular formula is C66H44N2. The van der Waals surface area contributed by atoms with Gasteiger partial charge in [0.25, 0.3) is 0 Å². The Hall–Kier alpha value is -8.46. The monoisotopic (exact) mass is 864 g/mol. The van der Waals surface area contributed by atoms with Crippen molar-refractivity contribution in [1.82, 2.24) is 4.57 Å². The van der Waals surface area contributed by atoms with Gasteiger partial charge in [-0.15, -0.1) is 0 Å². The number of fused-ring (bicyclic) bond motifs is 21. The summed E-state index contributed by atoms with van der Waals surface area (Å²) in [5.41, 5.74) is 22.3. The molecule has 318 valence electrons. The molecule has 0 bridgehead atoms. The molecule has 1 heterocycles. The zero-order valence-corrected chi connectivity index (χ0v) is 37.8. The second-order valence-corrected chi connectivity index (χ2v) is 19.5. The number of nitrogens with zero attached hydrogens (tertiary/aromatic N) is 2. The molecule has 1 spiro atoms. The van der Waals surface area contributed by atoms with Gasteiger partial charge in [-0.25, -0.2) is 0 Å². The molecule has 68 heavy (non-hydrogen) atoms. The van der Waals surface area contributed by atoms with Crippen LogP contribution in [0.3, 0.4) is 0 Å². The van der Waals surface area contributed by atoms with E-state index in [9.17, 15) is 0 Å². The maximum atomic E-state index is 2.53.